The van der Waals surface area contributed by atoms with E-state index in [1.54, 1.807) is 24.3 Å². The van der Waals surface area contributed by atoms with Crippen LogP contribution >= 0.6 is 0 Å². The van der Waals surface area contributed by atoms with Crippen LogP contribution in [0.4, 0.5) is 5.69 Å². The molecule has 0 fully saturated rings. The third-order valence-electron chi connectivity index (χ3n) is 3.85. The smallest absolute Gasteiger partial charge is 0.269 e. The number of nitrogens with one attached hydrogen (secondary N) is 1. The predicted molar refractivity (Wildman–Crippen MR) is 105 cm³/mol. The first-order chi connectivity index (χ1) is 13.3. The highest BCUT2D eigenvalue weighted by molar-refractivity contribution is 7.90. The second kappa shape index (κ2) is 9.67. The van der Waals surface area contributed by atoms with Gasteiger partial charge in [0.1, 0.15) is 0 Å². The van der Waals surface area contributed by atoms with Crippen molar-refractivity contribution < 1.29 is 18.1 Å². The topological polar surface area (TPSA) is 106 Å². The van der Waals surface area contributed by atoms with Crippen molar-refractivity contribution in [1.82, 2.24) is 4.72 Å². The third-order valence-corrected chi connectivity index (χ3v) is 5.24. The number of hydrogen-bond acceptors (Lipinski definition) is 5. The molecule has 146 valence electrons. The maximum atomic E-state index is 12.1. The molecular formula is C20H20N2O5S. The van der Waals surface area contributed by atoms with E-state index in [1.165, 1.54) is 24.3 Å². The van der Waals surface area contributed by atoms with E-state index in [1.807, 2.05) is 6.92 Å². The van der Waals surface area contributed by atoms with Crippen LogP contribution in [0.15, 0.2) is 53.4 Å². The minimum absolute atomic E-state index is 0.0113. The zero-order chi connectivity index (χ0) is 20.6. The molecule has 8 heteroatoms. The molecule has 2 aromatic carbocycles. The highest BCUT2D eigenvalue weighted by atomic mass is 32.2. The largest absolute Gasteiger partial charge is 0.274 e. The van der Waals surface area contributed by atoms with Gasteiger partial charge in [-0.3, -0.25) is 14.9 Å². The Morgan fingerprint density at radius 2 is 1.71 bits per heavy atom. The monoisotopic (exact) mass is 400 g/mol. The molecule has 0 unspecified atom stereocenters. The molecule has 2 aromatic rings. The summed E-state index contributed by atoms with van der Waals surface area (Å²) in [5.74, 6) is 5.28. The number of nitro benzene ring substituents is 1. The van der Waals surface area contributed by atoms with Crippen LogP contribution in [0.25, 0.3) is 0 Å². The minimum Gasteiger partial charge on any atom is -0.274 e. The molecule has 0 spiro atoms. The van der Waals surface area contributed by atoms with Gasteiger partial charge in [0.05, 0.1) is 9.82 Å². The SMILES string of the molecule is Cc1ccc(S(=O)(=O)NC(=O)CCCCC#Cc2ccc([N+](=O)[O-])cc2)cc1. The summed E-state index contributed by atoms with van der Waals surface area (Å²) in [5, 5.41) is 10.6. The second-order valence-corrected chi connectivity index (χ2v) is 7.84. The van der Waals surface area contributed by atoms with Gasteiger partial charge in [-0.2, -0.15) is 0 Å². The predicted octanol–water partition coefficient (Wildman–Crippen LogP) is 3.32. The van der Waals surface area contributed by atoms with Gasteiger partial charge in [0.15, 0.2) is 0 Å². The van der Waals surface area contributed by atoms with Gasteiger partial charge in [-0.1, -0.05) is 29.5 Å². The molecule has 0 radical (unpaired) electrons. The number of sulfonamides is 1. The highest BCUT2D eigenvalue weighted by Gasteiger charge is 2.16. The summed E-state index contributed by atoms with van der Waals surface area (Å²) in [7, 11) is -3.84. The fraction of sp³-hybridized carbons (Fsp3) is 0.250. The molecule has 0 aliphatic heterocycles. The Labute approximate surface area is 164 Å². The molecule has 0 aromatic heterocycles. The molecule has 0 atom stereocenters. The van der Waals surface area contributed by atoms with E-state index in [9.17, 15) is 23.3 Å². The van der Waals surface area contributed by atoms with Crippen LogP contribution in [-0.2, 0) is 14.8 Å². The molecule has 0 saturated carbocycles. The third kappa shape index (κ3) is 6.52. The van der Waals surface area contributed by atoms with Crippen molar-refractivity contribution >= 4 is 21.6 Å². The van der Waals surface area contributed by atoms with Gasteiger partial charge in [0.25, 0.3) is 15.7 Å². The first-order valence-corrected chi connectivity index (χ1v) is 10.1. The molecule has 0 saturated heterocycles. The summed E-state index contributed by atoms with van der Waals surface area (Å²) in [6.45, 7) is 1.85. The van der Waals surface area contributed by atoms with Crippen molar-refractivity contribution in [2.75, 3.05) is 0 Å². The van der Waals surface area contributed by atoms with Crippen LogP contribution < -0.4 is 4.72 Å². The van der Waals surface area contributed by atoms with Gasteiger partial charge in [0.2, 0.25) is 5.91 Å². The van der Waals surface area contributed by atoms with Gasteiger partial charge in [-0.05, 0) is 44.0 Å². The Kier molecular flexibility index (Phi) is 7.29. The van der Waals surface area contributed by atoms with Crippen LogP contribution in [0.5, 0.6) is 0 Å². The average molecular weight is 400 g/mol. The van der Waals surface area contributed by atoms with Crippen molar-refractivity contribution in [1.29, 1.82) is 0 Å². The van der Waals surface area contributed by atoms with Crippen LogP contribution in [0.1, 0.15) is 36.8 Å². The number of carbonyl (C=O) groups excluding carboxylic acids is 1. The summed E-state index contributed by atoms with van der Waals surface area (Å²) >= 11 is 0. The number of rotatable bonds is 7. The molecule has 2 rings (SSSR count). The number of aryl methyl sites for hydroxylation is 1. The number of unbranched alkanes of at least 4 members (excludes halogenated alkanes) is 2. The van der Waals surface area contributed by atoms with E-state index in [4.69, 9.17) is 0 Å². The van der Waals surface area contributed by atoms with E-state index < -0.39 is 20.9 Å². The van der Waals surface area contributed by atoms with E-state index in [0.717, 1.165) is 5.56 Å². The number of carbonyl (C=O) groups is 1. The van der Waals surface area contributed by atoms with Gasteiger partial charge < -0.3 is 0 Å². The lowest BCUT2D eigenvalue weighted by Crippen LogP contribution is -2.30. The van der Waals surface area contributed by atoms with Gasteiger partial charge in [0, 0.05) is 30.5 Å². The Morgan fingerprint density at radius 1 is 1.07 bits per heavy atom. The average Bonchev–Trinajstić information content (AvgIpc) is 2.65. The van der Waals surface area contributed by atoms with Crippen molar-refractivity contribution in [3.8, 4) is 11.8 Å². The number of amides is 1. The fourth-order valence-corrected chi connectivity index (χ4v) is 3.32. The van der Waals surface area contributed by atoms with Crippen LogP contribution in [0.3, 0.4) is 0 Å². The van der Waals surface area contributed by atoms with Crippen LogP contribution in [0.2, 0.25) is 0 Å². The Bertz CT molecular complexity index is 1000. The van der Waals surface area contributed by atoms with Crippen molar-refractivity contribution in [3.05, 3.63) is 69.8 Å². The Balaban J connectivity index is 1.74. The van der Waals surface area contributed by atoms with E-state index in [-0.39, 0.29) is 17.0 Å². The highest BCUT2D eigenvalue weighted by Crippen LogP contribution is 2.12. The zero-order valence-corrected chi connectivity index (χ0v) is 16.2. The van der Waals surface area contributed by atoms with E-state index in [0.29, 0.717) is 24.8 Å². The summed E-state index contributed by atoms with van der Waals surface area (Å²) in [5.41, 5.74) is 1.62. The molecule has 0 bridgehead atoms. The Hall–Kier alpha value is -3.18. The molecule has 7 nitrogen and oxygen atoms in total. The van der Waals surface area contributed by atoms with Gasteiger partial charge in [-0.15, -0.1) is 0 Å². The normalized spacial score (nSPS) is 10.6. The minimum atomic E-state index is -3.84. The van der Waals surface area contributed by atoms with E-state index >= 15 is 0 Å². The number of nitro groups is 1. The molecule has 0 aliphatic carbocycles. The van der Waals surface area contributed by atoms with Gasteiger partial charge >= 0.3 is 0 Å². The number of benzene rings is 2. The van der Waals surface area contributed by atoms with Crippen molar-refractivity contribution in [2.45, 2.75) is 37.5 Å². The summed E-state index contributed by atoms with van der Waals surface area (Å²) in [6.07, 6.45) is 1.77. The number of hydrogen-bond donors (Lipinski definition) is 1. The lowest BCUT2D eigenvalue weighted by atomic mass is 10.1. The van der Waals surface area contributed by atoms with E-state index in [2.05, 4.69) is 16.6 Å². The quantitative estimate of drug-likeness (QED) is 0.332. The maximum absolute atomic E-state index is 12.1. The lowest BCUT2D eigenvalue weighted by Gasteiger charge is -2.06. The first kappa shape index (κ1) is 21.1. The van der Waals surface area contributed by atoms with Crippen LogP contribution in [0, 0.1) is 28.9 Å². The second-order valence-electron chi connectivity index (χ2n) is 6.15. The zero-order valence-electron chi connectivity index (χ0n) is 15.3. The van der Waals surface area contributed by atoms with Crippen molar-refractivity contribution in [2.24, 2.45) is 0 Å². The molecular weight excluding hydrogens is 380 g/mol. The van der Waals surface area contributed by atoms with Crippen LogP contribution in [-0.4, -0.2) is 19.2 Å². The summed E-state index contributed by atoms with van der Waals surface area (Å²) in [6, 6.07) is 12.2. The summed E-state index contributed by atoms with van der Waals surface area (Å²) in [4.78, 5) is 22.0. The number of nitrogens with zero attached hydrogens (tertiary/aromatic N) is 1. The molecule has 0 heterocycles. The summed E-state index contributed by atoms with van der Waals surface area (Å²) < 4.78 is 26.3. The maximum Gasteiger partial charge on any atom is 0.269 e. The van der Waals surface area contributed by atoms with Crippen molar-refractivity contribution in [3.63, 3.8) is 0 Å². The fourth-order valence-electron chi connectivity index (χ4n) is 2.31. The molecule has 28 heavy (non-hydrogen) atoms. The Morgan fingerprint density at radius 3 is 2.32 bits per heavy atom. The number of non-ortho nitro benzene ring substituents is 1. The first-order valence-electron chi connectivity index (χ1n) is 8.63. The molecule has 0 aliphatic rings. The molecule has 1 N–H and O–H groups in total. The van der Waals surface area contributed by atoms with Gasteiger partial charge in [-0.25, -0.2) is 13.1 Å². The molecule has 1 amide bonds. The lowest BCUT2D eigenvalue weighted by molar-refractivity contribution is -0.384. The standard InChI is InChI=1S/C20H20N2O5S/c1-16-8-14-19(15-9-16)28(26,27)21-20(23)7-5-3-2-4-6-17-10-12-18(13-11-17)22(24)25/h8-15H,2-3,5,7H2,1H3,(H,21,23).